The second-order valence-corrected chi connectivity index (χ2v) is 12.2. The molecule has 3 nitrogen and oxygen atoms in total. The van der Waals surface area contributed by atoms with Crippen LogP contribution < -0.4 is 3.79 Å². The van der Waals surface area contributed by atoms with E-state index >= 15 is 0 Å². The van der Waals surface area contributed by atoms with Gasteiger partial charge in [-0.15, -0.1) is 0 Å². The Hall–Kier alpha value is -2.67. The topological polar surface area (TPSA) is 21.7 Å². The second kappa shape index (κ2) is 7.48. The van der Waals surface area contributed by atoms with E-state index in [0.717, 1.165) is 17.9 Å². The molecule has 2 heterocycles. The SMILES string of the molecule is C/C1=C/C=C2/C=CC=C(C2)O[C]2(C)[Al]([O]c3ccc(-c4ccccc4)cc3)[C@]2(C)N1C. The van der Waals surface area contributed by atoms with Gasteiger partial charge in [0.2, 0.25) is 0 Å². The van der Waals surface area contributed by atoms with Crippen LogP contribution in [-0.2, 0) is 4.74 Å². The molecule has 2 aliphatic heterocycles. The fourth-order valence-corrected chi connectivity index (χ4v) is 8.41. The van der Waals surface area contributed by atoms with Crippen LogP contribution in [0.2, 0.25) is 0 Å². The summed E-state index contributed by atoms with van der Waals surface area (Å²) in [5.74, 6) is 1.96. The molecule has 2 aromatic carbocycles. The van der Waals surface area contributed by atoms with E-state index in [-0.39, 0.29) is 8.86 Å². The highest BCUT2D eigenvalue weighted by molar-refractivity contribution is 6.73. The van der Waals surface area contributed by atoms with Crippen molar-refractivity contribution in [1.29, 1.82) is 0 Å². The Kier molecular flexibility index (Phi) is 4.89. The van der Waals surface area contributed by atoms with Crippen molar-refractivity contribution in [2.24, 2.45) is 0 Å². The van der Waals surface area contributed by atoms with Crippen molar-refractivity contribution in [3.63, 3.8) is 0 Å². The van der Waals surface area contributed by atoms with Gasteiger partial charge in [0.05, 0.1) is 15.9 Å². The predicted molar refractivity (Wildman–Crippen MR) is 128 cm³/mol. The molecule has 2 aromatic rings. The van der Waals surface area contributed by atoms with E-state index < -0.39 is 14.5 Å². The van der Waals surface area contributed by atoms with E-state index in [1.165, 1.54) is 22.4 Å². The third-order valence-electron chi connectivity index (χ3n) is 7.23. The average Bonchev–Trinajstić information content (AvgIpc) is 3.25. The van der Waals surface area contributed by atoms with Crippen LogP contribution in [0.25, 0.3) is 11.1 Å². The maximum atomic E-state index is 6.70. The number of ether oxygens (including phenoxy) is 1. The van der Waals surface area contributed by atoms with Gasteiger partial charge < -0.3 is 13.4 Å². The first-order valence-electron chi connectivity index (χ1n) is 10.9. The number of hydrogen-bond donors (Lipinski definition) is 0. The third kappa shape index (κ3) is 3.35. The van der Waals surface area contributed by atoms with E-state index in [4.69, 9.17) is 8.53 Å². The predicted octanol–water partition coefficient (Wildman–Crippen LogP) is 5.97. The number of benzene rings is 2. The molecule has 1 aliphatic carbocycles. The molecule has 0 radical (unpaired) electrons. The maximum Gasteiger partial charge on any atom is 0.627 e. The van der Waals surface area contributed by atoms with Gasteiger partial charge in [-0.05, 0) is 61.8 Å². The number of nitrogens with zero attached hydrogens (tertiary/aromatic N) is 1. The largest absolute Gasteiger partial charge is 0.640 e. The molecule has 0 aromatic heterocycles. The molecular formula is C27H28AlNO2. The van der Waals surface area contributed by atoms with Crippen LogP contribution in [0.1, 0.15) is 27.2 Å². The van der Waals surface area contributed by atoms with Crippen molar-refractivity contribution < 1.29 is 8.53 Å². The summed E-state index contributed by atoms with van der Waals surface area (Å²) in [5, 5.41) is 0. The van der Waals surface area contributed by atoms with Crippen LogP contribution in [0.3, 0.4) is 0 Å². The molecule has 1 unspecified atom stereocenters. The molecule has 1 fully saturated rings. The van der Waals surface area contributed by atoms with Gasteiger partial charge in [0.15, 0.2) is 0 Å². The van der Waals surface area contributed by atoms with Gasteiger partial charge in [-0.3, -0.25) is 0 Å². The molecule has 0 N–H and O–H groups in total. The number of fused-ring (bicyclic) bond motifs is 3. The van der Waals surface area contributed by atoms with Crippen LogP contribution in [0.15, 0.2) is 102 Å². The molecule has 2 atom stereocenters. The quantitative estimate of drug-likeness (QED) is 0.566. The summed E-state index contributed by atoms with van der Waals surface area (Å²) >= 11 is -1.80. The summed E-state index contributed by atoms with van der Waals surface area (Å²) in [7, 11) is 2.17. The minimum atomic E-state index is -1.80. The fraction of sp³-hybridized carbons (Fsp3) is 0.259. The van der Waals surface area contributed by atoms with Crippen molar-refractivity contribution in [1.82, 2.24) is 4.90 Å². The van der Waals surface area contributed by atoms with Gasteiger partial charge in [-0.25, -0.2) is 0 Å². The molecule has 0 spiro atoms. The van der Waals surface area contributed by atoms with Gasteiger partial charge in [0.1, 0.15) is 4.46 Å². The minimum absolute atomic E-state index is 0.140. The molecule has 3 aliphatic rings. The van der Waals surface area contributed by atoms with Gasteiger partial charge in [-0.2, -0.15) is 0 Å². The lowest BCUT2D eigenvalue weighted by atomic mass is 10.0. The molecule has 2 bridgehead atoms. The molecule has 1 saturated heterocycles. The van der Waals surface area contributed by atoms with Crippen LogP contribution >= 0.6 is 0 Å². The number of likely N-dealkylation sites (N-methyl/N-ethyl adjacent to an activating group) is 1. The molecule has 31 heavy (non-hydrogen) atoms. The summed E-state index contributed by atoms with van der Waals surface area (Å²) < 4.78 is 12.9. The first kappa shape index (κ1) is 20.2. The fourth-order valence-electron chi connectivity index (χ4n) is 4.85. The van der Waals surface area contributed by atoms with Crippen molar-refractivity contribution >= 4 is 14.5 Å². The Balaban J connectivity index is 1.44. The highest BCUT2D eigenvalue weighted by Gasteiger charge is 2.87. The minimum Gasteiger partial charge on any atom is -0.640 e. The summed E-state index contributed by atoms with van der Waals surface area (Å²) in [5.41, 5.74) is 4.92. The van der Waals surface area contributed by atoms with E-state index in [1.54, 1.807) is 0 Å². The van der Waals surface area contributed by atoms with Crippen LogP contribution in [-0.4, -0.2) is 35.3 Å². The first-order chi connectivity index (χ1) is 14.9. The lowest BCUT2D eigenvalue weighted by molar-refractivity contribution is 0.0596. The van der Waals surface area contributed by atoms with Gasteiger partial charge in [0.25, 0.3) is 0 Å². The van der Waals surface area contributed by atoms with E-state index in [9.17, 15) is 0 Å². The highest BCUT2D eigenvalue weighted by atomic mass is 27.2. The van der Waals surface area contributed by atoms with Crippen molar-refractivity contribution in [2.45, 2.75) is 36.1 Å². The summed E-state index contributed by atoms with van der Waals surface area (Å²) in [6.45, 7) is 6.70. The number of rotatable bonds is 3. The van der Waals surface area contributed by atoms with Crippen LogP contribution in [0, 0.1) is 0 Å². The average molecular weight is 426 g/mol. The summed E-state index contributed by atoms with van der Waals surface area (Å²) in [4.78, 5) is 2.37. The standard InChI is InChI=1S/C15H19NO.C12H10O.Al/c1-11-8-9-14-6-5-7-15(10-14)17-13(3)12(2)16(11)4;13-12-8-6-11(7-9-12)10-4-2-1-3-5-10;/h5-9H,10H2,1-4H3;1-9,13H;/q;;+1/p-1/b11-8-,14-9-;;. The van der Waals surface area contributed by atoms with Gasteiger partial charge in [-0.1, -0.05) is 60.7 Å². The number of allylic oxidation sites excluding steroid dienone is 7. The highest BCUT2D eigenvalue weighted by Crippen LogP contribution is 2.55. The smallest absolute Gasteiger partial charge is 0.627 e. The molecule has 4 heteroatoms. The second-order valence-electron chi connectivity index (χ2n) is 9.02. The molecular weight excluding hydrogens is 397 g/mol. The van der Waals surface area contributed by atoms with E-state index in [1.807, 2.05) is 6.07 Å². The molecule has 156 valence electrons. The molecule has 5 rings (SSSR count). The monoisotopic (exact) mass is 425 g/mol. The zero-order valence-corrected chi connectivity index (χ0v) is 19.8. The Bertz CT molecular complexity index is 1120. The first-order valence-corrected chi connectivity index (χ1v) is 12.5. The normalized spacial score (nSPS) is 30.1. The van der Waals surface area contributed by atoms with Crippen molar-refractivity contribution in [3.8, 4) is 16.9 Å². The lowest BCUT2D eigenvalue weighted by Gasteiger charge is -2.34. The van der Waals surface area contributed by atoms with Gasteiger partial charge in [0, 0.05) is 19.2 Å². The third-order valence-corrected chi connectivity index (χ3v) is 11.1. The van der Waals surface area contributed by atoms with Crippen LogP contribution in [0.4, 0.5) is 0 Å². The van der Waals surface area contributed by atoms with E-state index in [2.05, 4.69) is 112 Å². The molecule has 0 amide bonds. The van der Waals surface area contributed by atoms with Crippen molar-refractivity contribution in [3.05, 3.63) is 102 Å². The maximum absolute atomic E-state index is 6.70. The zero-order chi connectivity index (χ0) is 21.6. The molecule has 0 saturated carbocycles. The van der Waals surface area contributed by atoms with Crippen molar-refractivity contribution in [2.75, 3.05) is 7.05 Å². The Morgan fingerprint density at radius 2 is 1.65 bits per heavy atom. The number of hydrogen-bond acceptors (Lipinski definition) is 3. The lowest BCUT2D eigenvalue weighted by Crippen LogP contribution is -2.39. The summed E-state index contributed by atoms with van der Waals surface area (Å²) in [6, 6.07) is 18.9. The summed E-state index contributed by atoms with van der Waals surface area (Å²) in [6.07, 6.45) is 11.6. The van der Waals surface area contributed by atoms with Crippen LogP contribution in [0.5, 0.6) is 5.75 Å². The Morgan fingerprint density at radius 3 is 2.39 bits per heavy atom. The van der Waals surface area contributed by atoms with E-state index in [0.29, 0.717) is 0 Å². The zero-order valence-electron chi connectivity index (χ0n) is 18.6. The van der Waals surface area contributed by atoms with Gasteiger partial charge >= 0.3 is 14.5 Å². The Labute approximate surface area is 189 Å². The Morgan fingerprint density at radius 1 is 0.935 bits per heavy atom.